The van der Waals surface area contributed by atoms with E-state index in [1.807, 2.05) is 13.8 Å². The third-order valence-corrected chi connectivity index (χ3v) is 1.08. The molecule has 0 fully saturated rings. The molecule has 2 heteroatoms. The molecule has 2 nitrogen and oxygen atoms in total. The summed E-state index contributed by atoms with van der Waals surface area (Å²) in [6.45, 7) is 11.4. The largest absolute Gasteiger partial charge is 0.396 e. The van der Waals surface area contributed by atoms with Crippen molar-refractivity contribution in [1.82, 2.24) is 0 Å². The molecular formula is C10H20O2. The number of rotatable bonds is 4. The van der Waals surface area contributed by atoms with Gasteiger partial charge in [-0.25, -0.2) is 0 Å². The lowest BCUT2D eigenvalue weighted by Gasteiger charge is -1.87. The molecule has 0 aliphatic heterocycles. The van der Waals surface area contributed by atoms with Crippen LogP contribution >= 0.6 is 0 Å². The van der Waals surface area contributed by atoms with E-state index in [0.29, 0.717) is 0 Å². The Morgan fingerprint density at radius 1 is 0.917 bits per heavy atom. The predicted octanol–water partition coefficient (Wildman–Crippen LogP) is 1.89. The van der Waals surface area contributed by atoms with Gasteiger partial charge in [0.15, 0.2) is 0 Å². The van der Waals surface area contributed by atoms with Gasteiger partial charge in [0, 0.05) is 13.2 Å². The zero-order chi connectivity index (χ0) is 9.98. The monoisotopic (exact) mass is 172 g/mol. The summed E-state index contributed by atoms with van der Waals surface area (Å²) in [7, 11) is 0. The van der Waals surface area contributed by atoms with Gasteiger partial charge in [0.2, 0.25) is 0 Å². The molecule has 0 aliphatic rings. The van der Waals surface area contributed by atoms with Crippen LogP contribution in [0.3, 0.4) is 0 Å². The van der Waals surface area contributed by atoms with Crippen molar-refractivity contribution >= 4 is 0 Å². The Morgan fingerprint density at radius 3 is 1.17 bits per heavy atom. The Kier molecular flexibility index (Phi) is 12.1. The second-order valence-electron chi connectivity index (χ2n) is 2.86. The highest BCUT2D eigenvalue weighted by Gasteiger charge is 1.77. The fourth-order valence-electron chi connectivity index (χ4n) is 0.382. The van der Waals surface area contributed by atoms with E-state index in [-0.39, 0.29) is 13.2 Å². The van der Waals surface area contributed by atoms with Crippen molar-refractivity contribution in [3.05, 3.63) is 24.3 Å². The molecule has 0 atom stereocenters. The molecule has 0 saturated heterocycles. The van der Waals surface area contributed by atoms with E-state index in [2.05, 4.69) is 13.2 Å². The van der Waals surface area contributed by atoms with Crippen LogP contribution in [0.5, 0.6) is 0 Å². The van der Waals surface area contributed by atoms with Gasteiger partial charge in [-0.2, -0.15) is 0 Å². The number of hydrogen-bond acceptors (Lipinski definition) is 2. The topological polar surface area (TPSA) is 40.5 Å². The first kappa shape index (κ1) is 14.0. The summed E-state index contributed by atoms with van der Waals surface area (Å²) in [6.07, 6.45) is 1.47. The predicted molar refractivity (Wildman–Crippen MR) is 53.0 cm³/mol. The lowest BCUT2D eigenvalue weighted by molar-refractivity contribution is 0.299. The van der Waals surface area contributed by atoms with Crippen LogP contribution in [-0.2, 0) is 0 Å². The van der Waals surface area contributed by atoms with Crippen LogP contribution in [0.2, 0.25) is 0 Å². The molecule has 0 spiro atoms. The average molecular weight is 172 g/mol. The molecule has 0 heterocycles. The molecule has 12 heavy (non-hydrogen) atoms. The van der Waals surface area contributed by atoms with Gasteiger partial charge in [-0.3, -0.25) is 0 Å². The first-order valence-electron chi connectivity index (χ1n) is 4.05. The molecule has 0 amide bonds. The van der Waals surface area contributed by atoms with Crippen molar-refractivity contribution in [2.45, 2.75) is 26.7 Å². The van der Waals surface area contributed by atoms with Gasteiger partial charge < -0.3 is 10.2 Å². The van der Waals surface area contributed by atoms with Crippen LogP contribution in [0.15, 0.2) is 24.3 Å². The van der Waals surface area contributed by atoms with E-state index in [4.69, 9.17) is 10.2 Å². The molecule has 2 N–H and O–H groups in total. The smallest absolute Gasteiger partial charge is 0.0467 e. The maximum absolute atomic E-state index is 8.18. The summed E-state index contributed by atoms with van der Waals surface area (Å²) in [5, 5.41) is 16.4. The van der Waals surface area contributed by atoms with E-state index in [9.17, 15) is 0 Å². The number of hydrogen-bond donors (Lipinski definition) is 2. The van der Waals surface area contributed by atoms with E-state index in [1.165, 1.54) is 0 Å². The zero-order valence-electron chi connectivity index (χ0n) is 8.14. The van der Waals surface area contributed by atoms with Crippen molar-refractivity contribution < 1.29 is 10.2 Å². The van der Waals surface area contributed by atoms with Crippen molar-refractivity contribution in [3.63, 3.8) is 0 Å². The van der Waals surface area contributed by atoms with Gasteiger partial charge in [-0.15, -0.1) is 13.2 Å². The standard InChI is InChI=1S/2C5H10O/c2*1-5(2)3-4-6/h2*6H,1,3-4H2,2H3. The highest BCUT2D eigenvalue weighted by molar-refractivity contribution is 4.87. The van der Waals surface area contributed by atoms with E-state index >= 15 is 0 Å². The molecule has 0 bridgehead atoms. The fourth-order valence-corrected chi connectivity index (χ4v) is 0.382. The van der Waals surface area contributed by atoms with Crippen molar-refractivity contribution in [2.24, 2.45) is 0 Å². The Balaban J connectivity index is 0. The quantitative estimate of drug-likeness (QED) is 0.636. The normalized spacial score (nSPS) is 8.33. The van der Waals surface area contributed by atoms with Gasteiger partial charge >= 0.3 is 0 Å². The van der Waals surface area contributed by atoms with Crippen LogP contribution in [-0.4, -0.2) is 23.4 Å². The summed E-state index contributed by atoms with van der Waals surface area (Å²) in [5.41, 5.74) is 2.08. The third kappa shape index (κ3) is 22.7. The van der Waals surface area contributed by atoms with Crippen LogP contribution in [0.25, 0.3) is 0 Å². The number of aliphatic hydroxyl groups excluding tert-OH is 2. The molecular weight excluding hydrogens is 152 g/mol. The molecule has 72 valence electrons. The van der Waals surface area contributed by atoms with Gasteiger partial charge in [0.25, 0.3) is 0 Å². The molecule has 0 rings (SSSR count). The van der Waals surface area contributed by atoms with Gasteiger partial charge in [0.1, 0.15) is 0 Å². The van der Waals surface area contributed by atoms with Crippen molar-refractivity contribution in [1.29, 1.82) is 0 Å². The zero-order valence-corrected chi connectivity index (χ0v) is 8.14. The van der Waals surface area contributed by atoms with E-state index in [1.54, 1.807) is 0 Å². The Bertz CT molecular complexity index is 112. The Morgan fingerprint density at radius 2 is 1.17 bits per heavy atom. The van der Waals surface area contributed by atoms with Gasteiger partial charge in [0.05, 0.1) is 0 Å². The van der Waals surface area contributed by atoms with Crippen LogP contribution in [0.4, 0.5) is 0 Å². The van der Waals surface area contributed by atoms with Crippen molar-refractivity contribution in [2.75, 3.05) is 13.2 Å². The van der Waals surface area contributed by atoms with Crippen LogP contribution < -0.4 is 0 Å². The highest BCUT2D eigenvalue weighted by Crippen LogP contribution is 1.90. The SMILES string of the molecule is C=C(C)CCO.C=C(C)CCO. The van der Waals surface area contributed by atoms with Crippen LogP contribution in [0, 0.1) is 0 Å². The Hall–Kier alpha value is -0.600. The minimum absolute atomic E-state index is 0.231. The maximum Gasteiger partial charge on any atom is 0.0467 e. The number of aliphatic hydroxyl groups is 2. The molecule has 0 aromatic carbocycles. The summed E-state index contributed by atoms with van der Waals surface area (Å²) >= 11 is 0. The summed E-state index contributed by atoms with van der Waals surface area (Å²) in [4.78, 5) is 0. The molecule has 0 unspecified atom stereocenters. The summed E-state index contributed by atoms with van der Waals surface area (Å²) in [5.74, 6) is 0. The summed E-state index contributed by atoms with van der Waals surface area (Å²) in [6, 6.07) is 0. The second-order valence-corrected chi connectivity index (χ2v) is 2.86. The minimum Gasteiger partial charge on any atom is -0.396 e. The average Bonchev–Trinajstić information content (AvgIpc) is 1.87. The van der Waals surface area contributed by atoms with Crippen LogP contribution in [0.1, 0.15) is 26.7 Å². The first-order valence-corrected chi connectivity index (χ1v) is 4.05. The molecule has 0 aromatic rings. The minimum atomic E-state index is 0.231. The third-order valence-electron chi connectivity index (χ3n) is 1.08. The molecule has 0 aromatic heterocycles. The second kappa shape index (κ2) is 10.4. The fraction of sp³-hybridized carbons (Fsp3) is 0.600. The van der Waals surface area contributed by atoms with Gasteiger partial charge in [-0.1, -0.05) is 11.1 Å². The van der Waals surface area contributed by atoms with E-state index in [0.717, 1.165) is 24.0 Å². The Labute approximate surface area is 75.2 Å². The first-order chi connectivity index (χ1) is 5.54. The summed E-state index contributed by atoms with van der Waals surface area (Å²) < 4.78 is 0. The maximum atomic E-state index is 8.18. The van der Waals surface area contributed by atoms with Crippen molar-refractivity contribution in [3.8, 4) is 0 Å². The highest BCUT2D eigenvalue weighted by atomic mass is 16.3. The molecule has 0 radical (unpaired) electrons. The lowest BCUT2D eigenvalue weighted by atomic mass is 10.3. The van der Waals surface area contributed by atoms with E-state index < -0.39 is 0 Å². The van der Waals surface area contributed by atoms with Gasteiger partial charge in [-0.05, 0) is 26.7 Å². The molecule has 0 aliphatic carbocycles. The molecule has 0 saturated carbocycles. The lowest BCUT2D eigenvalue weighted by Crippen LogP contribution is -1.79.